The maximum Gasteiger partial charge on any atom is 0.119 e. The lowest BCUT2D eigenvalue weighted by Crippen LogP contribution is -2.19. The van der Waals surface area contributed by atoms with Crippen LogP contribution in [0.25, 0.3) is 0 Å². The van der Waals surface area contributed by atoms with Gasteiger partial charge in [0.25, 0.3) is 0 Å². The molecule has 0 radical (unpaired) electrons. The molecule has 0 spiro atoms. The Balaban J connectivity index is 2.74. The summed E-state index contributed by atoms with van der Waals surface area (Å²) in [4.78, 5) is 0. The van der Waals surface area contributed by atoms with E-state index in [0.29, 0.717) is 6.04 Å². The van der Waals surface area contributed by atoms with Crippen LogP contribution in [0.3, 0.4) is 0 Å². The van der Waals surface area contributed by atoms with E-state index >= 15 is 0 Å². The lowest BCUT2D eigenvalue weighted by molar-refractivity contribution is 0.316. The van der Waals surface area contributed by atoms with Gasteiger partial charge in [-0.2, -0.15) is 0 Å². The van der Waals surface area contributed by atoms with E-state index < -0.39 is 0 Å². The zero-order valence-electron chi connectivity index (χ0n) is 12.9. The van der Waals surface area contributed by atoms with Crippen molar-refractivity contribution in [2.75, 3.05) is 13.7 Å². The summed E-state index contributed by atoms with van der Waals surface area (Å²) in [6.07, 6.45) is 4.75. The van der Waals surface area contributed by atoms with Gasteiger partial charge in [0.05, 0.1) is 6.61 Å². The lowest BCUT2D eigenvalue weighted by Gasteiger charge is -2.22. The van der Waals surface area contributed by atoms with Crippen molar-refractivity contribution in [2.45, 2.75) is 52.5 Å². The van der Waals surface area contributed by atoms with Crippen LogP contribution in [0.2, 0.25) is 0 Å². The quantitative estimate of drug-likeness (QED) is 0.705. The zero-order valence-corrected chi connectivity index (χ0v) is 12.9. The van der Waals surface area contributed by atoms with E-state index in [9.17, 15) is 0 Å². The summed E-state index contributed by atoms with van der Waals surface area (Å²) in [5, 5.41) is 3.45. The van der Waals surface area contributed by atoms with E-state index in [1.165, 1.54) is 24.8 Å². The SMILES string of the molecule is CCCOc1cccc(C(CC(CC)CC)NC)c1. The zero-order chi connectivity index (χ0) is 14.1. The van der Waals surface area contributed by atoms with Crippen LogP contribution in [0.4, 0.5) is 0 Å². The highest BCUT2D eigenvalue weighted by Gasteiger charge is 2.14. The molecule has 1 aromatic carbocycles. The number of rotatable bonds is 9. The summed E-state index contributed by atoms with van der Waals surface area (Å²) in [5.74, 6) is 1.78. The fourth-order valence-corrected chi connectivity index (χ4v) is 2.42. The van der Waals surface area contributed by atoms with E-state index in [0.717, 1.165) is 24.7 Å². The molecular weight excluding hydrogens is 234 g/mol. The van der Waals surface area contributed by atoms with Crippen LogP contribution >= 0.6 is 0 Å². The van der Waals surface area contributed by atoms with Crippen molar-refractivity contribution in [3.8, 4) is 5.75 Å². The third-order valence-electron chi connectivity index (χ3n) is 3.81. The first-order chi connectivity index (χ1) is 9.24. The van der Waals surface area contributed by atoms with Gasteiger partial charge in [0.2, 0.25) is 0 Å². The van der Waals surface area contributed by atoms with Crippen LogP contribution < -0.4 is 10.1 Å². The standard InChI is InChI=1S/C17H29NO/c1-5-11-19-16-10-8-9-15(13-16)17(18-4)12-14(6-2)7-3/h8-10,13-14,17-18H,5-7,11-12H2,1-4H3. The van der Waals surface area contributed by atoms with Gasteiger partial charge in [0.1, 0.15) is 5.75 Å². The van der Waals surface area contributed by atoms with Crippen molar-refractivity contribution in [1.29, 1.82) is 0 Å². The molecule has 0 aromatic heterocycles. The van der Waals surface area contributed by atoms with Crippen molar-refractivity contribution >= 4 is 0 Å². The van der Waals surface area contributed by atoms with Crippen LogP contribution in [0.15, 0.2) is 24.3 Å². The first-order valence-corrected chi connectivity index (χ1v) is 7.65. The maximum absolute atomic E-state index is 5.72. The molecule has 0 aliphatic heterocycles. The topological polar surface area (TPSA) is 21.3 Å². The van der Waals surface area contributed by atoms with Gasteiger partial charge in [0.15, 0.2) is 0 Å². The summed E-state index contributed by atoms with van der Waals surface area (Å²) >= 11 is 0. The Labute approximate surface area is 118 Å². The molecular formula is C17H29NO. The Bertz CT molecular complexity index is 347. The third kappa shape index (κ3) is 5.23. The molecule has 108 valence electrons. The van der Waals surface area contributed by atoms with Crippen molar-refractivity contribution in [2.24, 2.45) is 5.92 Å². The van der Waals surface area contributed by atoms with Gasteiger partial charge in [-0.15, -0.1) is 0 Å². The average Bonchev–Trinajstić information content (AvgIpc) is 2.47. The number of benzene rings is 1. The van der Waals surface area contributed by atoms with Crippen molar-refractivity contribution in [3.05, 3.63) is 29.8 Å². The van der Waals surface area contributed by atoms with Gasteiger partial charge in [-0.25, -0.2) is 0 Å². The Morgan fingerprint density at radius 3 is 2.47 bits per heavy atom. The summed E-state index contributed by atoms with van der Waals surface area (Å²) in [6.45, 7) is 7.48. The summed E-state index contributed by atoms with van der Waals surface area (Å²) < 4.78 is 5.72. The summed E-state index contributed by atoms with van der Waals surface area (Å²) in [6, 6.07) is 8.94. The van der Waals surface area contributed by atoms with Gasteiger partial charge in [-0.05, 0) is 43.5 Å². The van der Waals surface area contributed by atoms with Crippen molar-refractivity contribution in [3.63, 3.8) is 0 Å². The molecule has 1 rings (SSSR count). The fourth-order valence-electron chi connectivity index (χ4n) is 2.42. The molecule has 0 fully saturated rings. The molecule has 0 saturated carbocycles. The second kappa shape index (κ2) is 8.98. The molecule has 0 saturated heterocycles. The minimum Gasteiger partial charge on any atom is -0.494 e. The number of hydrogen-bond donors (Lipinski definition) is 1. The molecule has 1 unspecified atom stereocenters. The van der Waals surface area contributed by atoms with E-state index in [-0.39, 0.29) is 0 Å². The molecule has 0 bridgehead atoms. The summed E-state index contributed by atoms with van der Waals surface area (Å²) in [5.41, 5.74) is 1.34. The third-order valence-corrected chi connectivity index (χ3v) is 3.81. The molecule has 0 aliphatic rings. The predicted molar refractivity (Wildman–Crippen MR) is 82.7 cm³/mol. The molecule has 0 aliphatic carbocycles. The predicted octanol–water partition coefficient (Wildman–Crippen LogP) is 4.56. The normalized spacial score (nSPS) is 12.7. The smallest absolute Gasteiger partial charge is 0.119 e. The van der Waals surface area contributed by atoms with Gasteiger partial charge in [-0.1, -0.05) is 45.7 Å². The van der Waals surface area contributed by atoms with Crippen LogP contribution in [0.1, 0.15) is 58.1 Å². The van der Waals surface area contributed by atoms with Gasteiger partial charge < -0.3 is 10.1 Å². The minimum absolute atomic E-state index is 0.426. The summed E-state index contributed by atoms with van der Waals surface area (Å²) in [7, 11) is 2.05. The Morgan fingerprint density at radius 1 is 1.16 bits per heavy atom. The Hall–Kier alpha value is -1.02. The van der Waals surface area contributed by atoms with E-state index in [1.54, 1.807) is 0 Å². The highest BCUT2D eigenvalue weighted by molar-refractivity contribution is 5.30. The average molecular weight is 263 g/mol. The van der Waals surface area contributed by atoms with Crippen molar-refractivity contribution in [1.82, 2.24) is 5.32 Å². The monoisotopic (exact) mass is 263 g/mol. The first kappa shape index (κ1) is 16.0. The van der Waals surface area contributed by atoms with Crippen LogP contribution in [0.5, 0.6) is 5.75 Å². The molecule has 1 aromatic rings. The Morgan fingerprint density at radius 2 is 1.89 bits per heavy atom. The molecule has 2 nitrogen and oxygen atoms in total. The van der Waals surface area contributed by atoms with Gasteiger partial charge in [-0.3, -0.25) is 0 Å². The maximum atomic E-state index is 5.72. The second-order valence-corrected chi connectivity index (χ2v) is 5.18. The van der Waals surface area contributed by atoms with E-state index in [2.05, 4.69) is 44.3 Å². The fraction of sp³-hybridized carbons (Fsp3) is 0.647. The number of nitrogens with one attached hydrogen (secondary N) is 1. The second-order valence-electron chi connectivity index (χ2n) is 5.18. The first-order valence-electron chi connectivity index (χ1n) is 7.65. The van der Waals surface area contributed by atoms with E-state index in [1.807, 2.05) is 13.1 Å². The van der Waals surface area contributed by atoms with Crippen LogP contribution in [-0.2, 0) is 0 Å². The molecule has 0 amide bonds. The molecule has 1 atom stereocenters. The highest BCUT2D eigenvalue weighted by Crippen LogP contribution is 2.27. The largest absolute Gasteiger partial charge is 0.494 e. The molecule has 1 N–H and O–H groups in total. The van der Waals surface area contributed by atoms with Gasteiger partial charge in [0, 0.05) is 6.04 Å². The van der Waals surface area contributed by atoms with Crippen molar-refractivity contribution < 1.29 is 4.74 Å². The molecule has 0 heterocycles. The number of ether oxygens (including phenoxy) is 1. The van der Waals surface area contributed by atoms with Crippen LogP contribution in [0, 0.1) is 5.92 Å². The number of hydrogen-bond acceptors (Lipinski definition) is 2. The van der Waals surface area contributed by atoms with Gasteiger partial charge >= 0.3 is 0 Å². The van der Waals surface area contributed by atoms with E-state index in [4.69, 9.17) is 4.74 Å². The minimum atomic E-state index is 0.426. The molecule has 2 heteroatoms. The Kier molecular flexibility index (Phi) is 7.57. The molecule has 19 heavy (non-hydrogen) atoms. The van der Waals surface area contributed by atoms with Crippen LogP contribution in [-0.4, -0.2) is 13.7 Å². The highest BCUT2D eigenvalue weighted by atomic mass is 16.5. The lowest BCUT2D eigenvalue weighted by atomic mass is 9.91.